The number of alkyl halides is 2. The van der Waals surface area contributed by atoms with Gasteiger partial charge in [0.1, 0.15) is 17.4 Å². The summed E-state index contributed by atoms with van der Waals surface area (Å²) in [4.78, 5) is 24.0. The minimum absolute atomic E-state index is 0.0625. The Balaban J connectivity index is 1.03. The molecule has 0 radical (unpaired) electrons. The van der Waals surface area contributed by atoms with Crippen LogP contribution < -0.4 is 14.4 Å². The number of ether oxygens (including phenoxy) is 2. The number of halogens is 4. The molecule has 11 heteroatoms. The molecule has 1 saturated carbocycles. The normalized spacial score (nSPS) is 22.7. The third kappa shape index (κ3) is 6.13. The minimum Gasteiger partial charge on any atom is -0.493 e. The lowest BCUT2D eigenvalue weighted by Gasteiger charge is -2.38. The first kappa shape index (κ1) is 26.5. The number of hydrogen-bond donors (Lipinski definition) is 0. The second kappa shape index (κ2) is 10.9. The van der Waals surface area contributed by atoms with Crippen molar-refractivity contribution in [3.8, 4) is 11.5 Å². The molecule has 5 rings (SSSR count). The van der Waals surface area contributed by atoms with Gasteiger partial charge in [-0.05, 0) is 50.4 Å². The number of anilines is 1. The van der Waals surface area contributed by atoms with Crippen LogP contribution in [0.15, 0.2) is 24.5 Å². The highest BCUT2D eigenvalue weighted by atomic mass is 19.3. The number of nitrogens with zero attached hydrogens (tertiary/aromatic N) is 4. The van der Waals surface area contributed by atoms with Gasteiger partial charge < -0.3 is 19.3 Å². The van der Waals surface area contributed by atoms with Crippen LogP contribution in [-0.2, 0) is 11.2 Å². The van der Waals surface area contributed by atoms with Crippen molar-refractivity contribution in [2.75, 3.05) is 44.3 Å². The summed E-state index contributed by atoms with van der Waals surface area (Å²) in [5.74, 6) is -2.20. The van der Waals surface area contributed by atoms with Crippen LogP contribution in [0, 0.1) is 29.4 Å². The average molecular weight is 537 g/mol. The Morgan fingerprint density at radius 2 is 1.71 bits per heavy atom. The summed E-state index contributed by atoms with van der Waals surface area (Å²) in [5.41, 5.74) is -0.429. The number of carbonyl (C=O) groups is 1. The quantitative estimate of drug-likeness (QED) is 0.417. The van der Waals surface area contributed by atoms with Gasteiger partial charge in [0, 0.05) is 30.8 Å². The van der Waals surface area contributed by atoms with E-state index in [0.29, 0.717) is 36.7 Å². The zero-order chi connectivity index (χ0) is 26.9. The van der Waals surface area contributed by atoms with Crippen LogP contribution in [0.1, 0.15) is 38.2 Å². The lowest BCUT2D eigenvalue weighted by atomic mass is 9.90. The molecular weight excluding hydrogens is 504 g/mol. The van der Waals surface area contributed by atoms with E-state index in [0.717, 1.165) is 61.8 Å². The van der Waals surface area contributed by atoms with E-state index >= 15 is 0 Å². The first-order valence-electron chi connectivity index (χ1n) is 13.2. The molecule has 0 N–H and O–H groups in total. The SMILES string of the molecule is CCOc1cnc(N2CCC(C3CC3CCOc3cc(F)c(CC(=O)N4CC(F)(F)C4)c(F)c3)CC2)nc1. The fourth-order valence-corrected chi connectivity index (χ4v) is 5.53. The lowest BCUT2D eigenvalue weighted by molar-refractivity contribution is -0.165. The molecule has 3 fully saturated rings. The summed E-state index contributed by atoms with van der Waals surface area (Å²) in [7, 11) is 0. The number of carbonyl (C=O) groups excluding carboxylic acids is 1. The highest BCUT2D eigenvalue weighted by molar-refractivity contribution is 5.80. The van der Waals surface area contributed by atoms with E-state index in [1.54, 1.807) is 12.4 Å². The van der Waals surface area contributed by atoms with Crippen LogP contribution >= 0.6 is 0 Å². The molecule has 3 aliphatic rings. The molecule has 3 heterocycles. The first-order chi connectivity index (χ1) is 18.2. The zero-order valence-electron chi connectivity index (χ0n) is 21.3. The molecule has 0 spiro atoms. The lowest BCUT2D eigenvalue weighted by Crippen LogP contribution is -2.58. The summed E-state index contributed by atoms with van der Waals surface area (Å²) < 4.78 is 65.8. The molecule has 38 heavy (non-hydrogen) atoms. The molecule has 2 aromatic rings. The average Bonchev–Trinajstić information content (AvgIpc) is 3.65. The number of hydrogen-bond acceptors (Lipinski definition) is 6. The Hall–Kier alpha value is -3.11. The van der Waals surface area contributed by atoms with Crippen molar-refractivity contribution in [1.29, 1.82) is 0 Å². The highest BCUT2D eigenvalue weighted by Crippen LogP contribution is 2.50. The van der Waals surface area contributed by atoms with Crippen LogP contribution in [-0.4, -0.2) is 66.1 Å². The fourth-order valence-electron chi connectivity index (χ4n) is 5.53. The van der Waals surface area contributed by atoms with E-state index in [2.05, 4.69) is 14.9 Å². The van der Waals surface area contributed by atoms with Crippen LogP contribution in [0.3, 0.4) is 0 Å². The summed E-state index contributed by atoms with van der Waals surface area (Å²) >= 11 is 0. The Bertz CT molecular complexity index is 1110. The molecule has 2 atom stereocenters. The van der Waals surface area contributed by atoms with Crippen LogP contribution in [0.25, 0.3) is 0 Å². The van der Waals surface area contributed by atoms with Gasteiger partial charge in [-0.25, -0.2) is 27.5 Å². The van der Waals surface area contributed by atoms with Crippen LogP contribution in [0.5, 0.6) is 11.5 Å². The van der Waals surface area contributed by atoms with Gasteiger partial charge in [0.05, 0.1) is 45.1 Å². The van der Waals surface area contributed by atoms with E-state index in [-0.39, 0.29) is 5.75 Å². The Morgan fingerprint density at radius 1 is 1.05 bits per heavy atom. The Morgan fingerprint density at radius 3 is 2.32 bits per heavy atom. The highest BCUT2D eigenvalue weighted by Gasteiger charge is 2.46. The maximum Gasteiger partial charge on any atom is 0.282 e. The van der Waals surface area contributed by atoms with Crippen LogP contribution in [0.4, 0.5) is 23.5 Å². The van der Waals surface area contributed by atoms with E-state index in [4.69, 9.17) is 9.47 Å². The largest absolute Gasteiger partial charge is 0.493 e. The molecule has 1 amide bonds. The van der Waals surface area contributed by atoms with Gasteiger partial charge in [0.2, 0.25) is 11.9 Å². The zero-order valence-corrected chi connectivity index (χ0v) is 21.3. The van der Waals surface area contributed by atoms with Gasteiger partial charge in [-0.2, -0.15) is 0 Å². The molecule has 206 valence electrons. The third-order valence-electron chi connectivity index (χ3n) is 7.73. The van der Waals surface area contributed by atoms with Crippen molar-refractivity contribution < 1.29 is 31.8 Å². The minimum atomic E-state index is -2.92. The molecule has 1 aromatic heterocycles. The predicted octanol–water partition coefficient (Wildman–Crippen LogP) is 4.50. The molecule has 2 saturated heterocycles. The van der Waals surface area contributed by atoms with E-state index < -0.39 is 48.5 Å². The Labute approximate surface area is 219 Å². The summed E-state index contributed by atoms with van der Waals surface area (Å²) in [6.45, 7) is 3.24. The van der Waals surface area contributed by atoms with Gasteiger partial charge in [-0.3, -0.25) is 4.79 Å². The second-order valence-corrected chi connectivity index (χ2v) is 10.4. The molecule has 2 unspecified atom stereocenters. The molecule has 1 aliphatic carbocycles. The number of aromatic nitrogens is 2. The topological polar surface area (TPSA) is 67.8 Å². The van der Waals surface area contributed by atoms with Crippen molar-refractivity contribution in [3.05, 3.63) is 41.7 Å². The molecule has 0 bridgehead atoms. The van der Waals surface area contributed by atoms with E-state index in [1.165, 1.54) is 0 Å². The summed E-state index contributed by atoms with van der Waals surface area (Å²) in [6, 6.07) is 2.11. The van der Waals surface area contributed by atoms with Crippen LogP contribution in [0.2, 0.25) is 0 Å². The van der Waals surface area contributed by atoms with Gasteiger partial charge in [-0.15, -0.1) is 0 Å². The summed E-state index contributed by atoms with van der Waals surface area (Å²) in [5, 5.41) is 0. The molecule has 1 aromatic carbocycles. The molecule has 7 nitrogen and oxygen atoms in total. The van der Waals surface area contributed by atoms with Crippen molar-refractivity contribution in [3.63, 3.8) is 0 Å². The molecular formula is C27H32F4N4O3. The standard InChI is InChI=1S/C27H32F4N4O3/c1-2-37-20-13-32-26(33-14-20)34-6-3-17(4-7-34)21-9-18(21)5-8-38-19-10-23(28)22(24(29)11-19)12-25(36)35-15-27(30,31)16-35/h10-11,13-14,17-18,21H,2-9,12,15-16H2,1H3. The van der Waals surface area contributed by atoms with Gasteiger partial charge >= 0.3 is 0 Å². The number of likely N-dealkylation sites (tertiary alicyclic amines) is 1. The number of rotatable bonds is 10. The number of benzene rings is 1. The maximum atomic E-state index is 14.5. The monoisotopic (exact) mass is 536 g/mol. The predicted molar refractivity (Wildman–Crippen MR) is 131 cm³/mol. The van der Waals surface area contributed by atoms with Gasteiger partial charge in [0.15, 0.2) is 5.75 Å². The van der Waals surface area contributed by atoms with E-state index in [1.807, 2.05) is 6.92 Å². The van der Waals surface area contributed by atoms with Gasteiger partial charge in [0.25, 0.3) is 5.92 Å². The van der Waals surface area contributed by atoms with Crippen molar-refractivity contribution >= 4 is 11.9 Å². The van der Waals surface area contributed by atoms with E-state index in [9.17, 15) is 22.4 Å². The van der Waals surface area contributed by atoms with Crippen molar-refractivity contribution in [1.82, 2.24) is 14.9 Å². The smallest absolute Gasteiger partial charge is 0.282 e. The molecule has 2 aliphatic heterocycles. The van der Waals surface area contributed by atoms with Crippen molar-refractivity contribution in [2.45, 2.75) is 45.0 Å². The number of piperidine rings is 1. The Kier molecular flexibility index (Phi) is 7.63. The summed E-state index contributed by atoms with van der Waals surface area (Å²) in [6.07, 6.45) is 6.90. The first-order valence-corrected chi connectivity index (χ1v) is 13.2. The maximum absolute atomic E-state index is 14.5. The van der Waals surface area contributed by atoms with Crippen molar-refractivity contribution in [2.24, 2.45) is 17.8 Å². The fraction of sp³-hybridized carbons (Fsp3) is 0.593. The third-order valence-corrected chi connectivity index (χ3v) is 7.73. The number of amides is 1. The second-order valence-electron chi connectivity index (χ2n) is 10.4. The van der Waals surface area contributed by atoms with Gasteiger partial charge in [-0.1, -0.05) is 0 Å².